The van der Waals surface area contributed by atoms with Crippen molar-refractivity contribution in [3.8, 4) is 11.5 Å². The van der Waals surface area contributed by atoms with Crippen molar-refractivity contribution >= 4 is 40.0 Å². The summed E-state index contributed by atoms with van der Waals surface area (Å²) in [5, 5.41) is 4.92. The van der Waals surface area contributed by atoms with Gasteiger partial charge in [-0.15, -0.1) is 0 Å². The number of nitrogens with zero attached hydrogens (tertiary/aromatic N) is 3. The monoisotopic (exact) mass is 650 g/mol. The van der Waals surface area contributed by atoms with E-state index in [0.717, 1.165) is 93.2 Å². The van der Waals surface area contributed by atoms with Gasteiger partial charge in [0.1, 0.15) is 11.5 Å². The van der Waals surface area contributed by atoms with Crippen molar-refractivity contribution in [1.82, 2.24) is 19.7 Å². The van der Waals surface area contributed by atoms with Crippen molar-refractivity contribution < 1.29 is 14.3 Å². The summed E-state index contributed by atoms with van der Waals surface area (Å²) < 4.78 is 14.3. The molecule has 1 N–H and O–H groups in total. The lowest BCUT2D eigenvalue weighted by Gasteiger charge is -2.22. The predicted octanol–water partition coefficient (Wildman–Crippen LogP) is 7.53. The van der Waals surface area contributed by atoms with Crippen LogP contribution in [0.2, 0.25) is 10.0 Å². The van der Waals surface area contributed by atoms with Gasteiger partial charge in [0.15, 0.2) is 0 Å². The van der Waals surface area contributed by atoms with Crippen LogP contribution in [0.5, 0.6) is 11.5 Å². The molecule has 0 bridgehead atoms. The Hall–Kier alpha value is -3.23. The standard InChI is InChI=1S/C36H44Cl2N4O3/c1-27(2)45-34-13-6-12-30-31(36(43)39-25-28-14-15-32(37)33(38)24-28)26-42(35(30)34)20-8-18-40-16-7-17-41(22-21-40)19-9-23-44-29-10-4-3-5-11-29/h3-6,10-15,24,26-27H,7-9,16-23,25H2,1-2H3,(H,39,43). The summed E-state index contributed by atoms with van der Waals surface area (Å²) in [6, 6.07) is 21.4. The van der Waals surface area contributed by atoms with Crippen molar-refractivity contribution in [3.05, 3.63) is 94.1 Å². The van der Waals surface area contributed by atoms with Crippen LogP contribution in [0, 0.1) is 0 Å². The van der Waals surface area contributed by atoms with Gasteiger partial charge in [-0.25, -0.2) is 0 Å². The summed E-state index contributed by atoms with van der Waals surface area (Å²) in [7, 11) is 0. The average molecular weight is 652 g/mol. The Balaban J connectivity index is 1.17. The van der Waals surface area contributed by atoms with Crippen molar-refractivity contribution in [2.75, 3.05) is 45.9 Å². The Bertz CT molecular complexity index is 1540. The lowest BCUT2D eigenvalue weighted by molar-refractivity contribution is 0.0952. The van der Waals surface area contributed by atoms with E-state index >= 15 is 0 Å². The normalized spacial score (nSPS) is 14.5. The van der Waals surface area contributed by atoms with Crippen LogP contribution in [0.15, 0.2) is 72.9 Å². The maximum Gasteiger partial charge on any atom is 0.253 e. The maximum atomic E-state index is 13.4. The number of ether oxygens (including phenoxy) is 2. The zero-order valence-electron chi connectivity index (χ0n) is 26.3. The van der Waals surface area contributed by atoms with E-state index in [4.69, 9.17) is 32.7 Å². The number of hydrogen-bond donors (Lipinski definition) is 1. The molecule has 0 aliphatic carbocycles. The summed E-state index contributed by atoms with van der Waals surface area (Å²) >= 11 is 12.2. The minimum atomic E-state index is -0.131. The third-order valence-corrected chi connectivity index (χ3v) is 8.83. The van der Waals surface area contributed by atoms with Gasteiger partial charge < -0.3 is 29.2 Å². The van der Waals surface area contributed by atoms with Gasteiger partial charge in [0.05, 0.1) is 33.8 Å². The maximum absolute atomic E-state index is 13.4. The zero-order valence-corrected chi connectivity index (χ0v) is 27.8. The number of aromatic nitrogens is 1. The number of rotatable bonds is 14. The van der Waals surface area contributed by atoms with Crippen LogP contribution < -0.4 is 14.8 Å². The van der Waals surface area contributed by atoms with Crippen LogP contribution in [-0.2, 0) is 13.1 Å². The Kier molecular flexibility index (Phi) is 12.1. The number of halogens is 2. The third kappa shape index (κ3) is 9.39. The second kappa shape index (κ2) is 16.4. The van der Waals surface area contributed by atoms with Crippen LogP contribution >= 0.6 is 23.2 Å². The molecule has 1 fully saturated rings. The van der Waals surface area contributed by atoms with Gasteiger partial charge in [0.25, 0.3) is 5.91 Å². The highest BCUT2D eigenvalue weighted by Gasteiger charge is 2.20. The van der Waals surface area contributed by atoms with Crippen molar-refractivity contribution in [1.29, 1.82) is 0 Å². The number of benzene rings is 3. The fourth-order valence-corrected chi connectivity index (χ4v) is 6.21. The van der Waals surface area contributed by atoms with E-state index in [-0.39, 0.29) is 12.0 Å². The predicted molar refractivity (Wildman–Crippen MR) is 184 cm³/mol. The lowest BCUT2D eigenvalue weighted by atomic mass is 10.1. The first-order valence-electron chi connectivity index (χ1n) is 16.0. The van der Waals surface area contributed by atoms with Gasteiger partial charge in [-0.3, -0.25) is 4.79 Å². The number of aryl methyl sites for hydroxylation is 1. The first kappa shape index (κ1) is 33.1. The molecule has 0 spiro atoms. The first-order chi connectivity index (χ1) is 21.9. The zero-order chi connectivity index (χ0) is 31.6. The van der Waals surface area contributed by atoms with E-state index in [2.05, 4.69) is 19.7 Å². The van der Waals surface area contributed by atoms with Gasteiger partial charge >= 0.3 is 0 Å². The number of amides is 1. The Morgan fingerprint density at radius 1 is 0.867 bits per heavy atom. The molecule has 9 heteroatoms. The van der Waals surface area contributed by atoms with Gasteiger partial charge in [-0.2, -0.15) is 0 Å². The first-order valence-corrected chi connectivity index (χ1v) is 16.8. The van der Waals surface area contributed by atoms with Gasteiger partial charge in [0.2, 0.25) is 0 Å². The third-order valence-electron chi connectivity index (χ3n) is 8.09. The summed E-state index contributed by atoms with van der Waals surface area (Å²) in [6.45, 7) is 12.4. The molecule has 5 rings (SSSR count). The number of para-hydroxylation sites is 2. The Morgan fingerprint density at radius 3 is 2.36 bits per heavy atom. The summed E-state index contributed by atoms with van der Waals surface area (Å²) in [4.78, 5) is 18.6. The number of fused-ring (bicyclic) bond motifs is 1. The molecule has 7 nitrogen and oxygen atoms in total. The highest BCUT2D eigenvalue weighted by atomic mass is 35.5. The van der Waals surface area contributed by atoms with Crippen LogP contribution in [-0.4, -0.2) is 72.3 Å². The van der Waals surface area contributed by atoms with E-state index in [1.807, 2.05) is 74.6 Å². The number of carbonyl (C=O) groups is 1. The van der Waals surface area contributed by atoms with Crippen LogP contribution in [0.3, 0.4) is 0 Å². The van der Waals surface area contributed by atoms with Crippen LogP contribution in [0.4, 0.5) is 0 Å². The van der Waals surface area contributed by atoms with Gasteiger partial charge in [-0.1, -0.05) is 59.6 Å². The van der Waals surface area contributed by atoms with Crippen molar-refractivity contribution in [2.24, 2.45) is 0 Å². The molecule has 240 valence electrons. The highest BCUT2D eigenvalue weighted by molar-refractivity contribution is 6.42. The SMILES string of the molecule is CC(C)Oc1cccc2c(C(=O)NCc3ccc(Cl)c(Cl)c3)cn(CCCN3CCCN(CCCOc4ccccc4)CC3)c12. The number of hydrogen-bond acceptors (Lipinski definition) is 5. The topological polar surface area (TPSA) is 59.0 Å². The average Bonchev–Trinajstić information content (AvgIpc) is 3.26. The van der Waals surface area contributed by atoms with Crippen LogP contribution in [0.25, 0.3) is 10.9 Å². The molecular weight excluding hydrogens is 607 g/mol. The van der Waals surface area contributed by atoms with Crippen LogP contribution in [0.1, 0.15) is 49.0 Å². The van der Waals surface area contributed by atoms with Crippen molar-refractivity contribution in [2.45, 2.75) is 52.3 Å². The molecule has 1 amide bonds. The minimum absolute atomic E-state index is 0.0239. The van der Waals surface area contributed by atoms with E-state index in [9.17, 15) is 4.79 Å². The highest BCUT2D eigenvalue weighted by Crippen LogP contribution is 2.31. The number of nitrogens with one attached hydrogen (secondary N) is 1. The summed E-state index contributed by atoms with van der Waals surface area (Å²) in [5.41, 5.74) is 2.49. The molecule has 1 aromatic heterocycles. The summed E-state index contributed by atoms with van der Waals surface area (Å²) in [6.07, 6.45) is 5.18. The quantitative estimate of drug-likeness (QED) is 0.143. The molecule has 3 aromatic carbocycles. The molecule has 1 saturated heterocycles. The largest absolute Gasteiger partial charge is 0.494 e. The molecule has 45 heavy (non-hydrogen) atoms. The van der Waals surface area contributed by atoms with E-state index in [0.29, 0.717) is 22.2 Å². The molecule has 0 saturated carbocycles. The van der Waals surface area contributed by atoms with Crippen molar-refractivity contribution in [3.63, 3.8) is 0 Å². The molecule has 0 atom stereocenters. The van der Waals surface area contributed by atoms with Gasteiger partial charge in [-0.05, 0) is 88.6 Å². The Labute approximate surface area is 277 Å². The second-order valence-electron chi connectivity index (χ2n) is 11.9. The number of carbonyl (C=O) groups excluding carboxylic acids is 1. The second-order valence-corrected chi connectivity index (χ2v) is 12.7. The Morgan fingerprint density at radius 2 is 1.62 bits per heavy atom. The van der Waals surface area contributed by atoms with E-state index in [1.54, 1.807) is 12.1 Å². The van der Waals surface area contributed by atoms with E-state index < -0.39 is 0 Å². The van der Waals surface area contributed by atoms with Gasteiger partial charge in [0, 0.05) is 44.3 Å². The molecule has 1 aliphatic rings. The fourth-order valence-electron chi connectivity index (χ4n) is 5.89. The lowest BCUT2D eigenvalue weighted by Crippen LogP contribution is -2.32. The molecule has 2 heterocycles. The molecular formula is C36H44Cl2N4O3. The molecule has 0 radical (unpaired) electrons. The molecule has 0 unspecified atom stereocenters. The smallest absolute Gasteiger partial charge is 0.253 e. The molecule has 4 aromatic rings. The fraction of sp³-hybridized carbons (Fsp3) is 0.417. The molecule has 1 aliphatic heterocycles. The summed E-state index contributed by atoms with van der Waals surface area (Å²) in [5.74, 6) is 1.61. The van der Waals surface area contributed by atoms with E-state index in [1.165, 1.54) is 6.42 Å². The minimum Gasteiger partial charge on any atom is -0.494 e.